The van der Waals surface area contributed by atoms with Crippen LogP contribution in [0.5, 0.6) is 0 Å². The SMILES string of the molecule is NCCCCCCC(=O)c1cc(F)ccc1F. The van der Waals surface area contributed by atoms with E-state index in [2.05, 4.69) is 0 Å². The minimum atomic E-state index is -0.654. The van der Waals surface area contributed by atoms with Crippen LogP contribution in [0.15, 0.2) is 18.2 Å². The van der Waals surface area contributed by atoms with Gasteiger partial charge in [-0.1, -0.05) is 12.8 Å². The van der Waals surface area contributed by atoms with Crippen LogP contribution in [0.1, 0.15) is 42.5 Å². The van der Waals surface area contributed by atoms with Crippen molar-refractivity contribution >= 4 is 5.78 Å². The van der Waals surface area contributed by atoms with Crippen LogP contribution >= 0.6 is 0 Å². The van der Waals surface area contributed by atoms with Crippen molar-refractivity contribution in [2.75, 3.05) is 6.54 Å². The second-order valence-electron chi connectivity index (χ2n) is 4.00. The largest absolute Gasteiger partial charge is 0.330 e. The van der Waals surface area contributed by atoms with E-state index in [-0.39, 0.29) is 17.8 Å². The van der Waals surface area contributed by atoms with Gasteiger partial charge in [-0.15, -0.1) is 0 Å². The van der Waals surface area contributed by atoms with E-state index in [1.165, 1.54) is 0 Å². The molecule has 0 unspecified atom stereocenters. The zero-order valence-electron chi connectivity index (χ0n) is 9.72. The van der Waals surface area contributed by atoms with Gasteiger partial charge in [0.05, 0.1) is 5.56 Å². The molecule has 0 saturated heterocycles. The number of carbonyl (C=O) groups is 1. The van der Waals surface area contributed by atoms with Crippen molar-refractivity contribution in [2.24, 2.45) is 5.73 Å². The molecule has 2 nitrogen and oxygen atoms in total. The summed E-state index contributed by atoms with van der Waals surface area (Å²) in [4.78, 5) is 11.6. The van der Waals surface area contributed by atoms with Crippen molar-refractivity contribution in [1.82, 2.24) is 0 Å². The average Bonchev–Trinajstić information content (AvgIpc) is 2.32. The summed E-state index contributed by atoms with van der Waals surface area (Å²) in [6.45, 7) is 0.645. The van der Waals surface area contributed by atoms with Gasteiger partial charge in [-0.2, -0.15) is 0 Å². The van der Waals surface area contributed by atoms with Crippen LogP contribution in [0.4, 0.5) is 8.78 Å². The third-order valence-electron chi connectivity index (χ3n) is 2.59. The highest BCUT2D eigenvalue weighted by atomic mass is 19.1. The molecule has 0 amide bonds. The molecule has 0 aliphatic heterocycles. The Labute approximate surface area is 99.8 Å². The Kier molecular flexibility index (Phi) is 5.77. The normalized spacial score (nSPS) is 10.5. The highest BCUT2D eigenvalue weighted by Crippen LogP contribution is 2.14. The highest BCUT2D eigenvalue weighted by molar-refractivity contribution is 5.96. The van der Waals surface area contributed by atoms with E-state index in [4.69, 9.17) is 5.73 Å². The summed E-state index contributed by atoms with van der Waals surface area (Å²) >= 11 is 0. The van der Waals surface area contributed by atoms with Gasteiger partial charge < -0.3 is 5.73 Å². The number of halogens is 2. The van der Waals surface area contributed by atoms with E-state index in [9.17, 15) is 13.6 Å². The van der Waals surface area contributed by atoms with E-state index in [1.54, 1.807) is 0 Å². The van der Waals surface area contributed by atoms with Crippen molar-refractivity contribution in [3.8, 4) is 0 Å². The molecule has 0 radical (unpaired) electrons. The van der Waals surface area contributed by atoms with E-state index in [0.717, 1.165) is 37.5 Å². The number of benzene rings is 1. The molecular weight excluding hydrogens is 224 g/mol. The molecule has 0 aromatic heterocycles. The summed E-state index contributed by atoms with van der Waals surface area (Å²) in [6, 6.07) is 2.95. The quantitative estimate of drug-likeness (QED) is 0.589. The molecule has 0 spiro atoms. The molecule has 17 heavy (non-hydrogen) atoms. The van der Waals surface area contributed by atoms with Crippen molar-refractivity contribution < 1.29 is 13.6 Å². The lowest BCUT2D eigenvalue weighted by atomic mass is 10.0. The minimum absolute atomic E-state index is 0.149. The third-order valence-corrected chi connectivity index (χ3v) is 2.59. The Balaban J connectivity index is 2.44. The summed E-state index contributed by atoms with van der Waals surface area (Å²) in [5.41, 5.74) is 5.19. The fourth-order valence-corrected chi connectivity index (χ4v) is 1.63. The van der Waals surface area contributed by atoms with Crippen molar-refractivity contribution in [1.29, 1.82) is 0 Å². The number of hydrogen-bond donors (Lipinski definition) is 1. The van der Waals surface area contributed by atoms with Crippen LogP contribution in [0.3, 0.4) is 0 Å². The molecule has 0 fully saturated rings. The van der Waals surface area contributed by atoms with Gasteiger partial charge in [0, 0.05) is 6.42 Å². The lowest BCUT2D eigenvalue weighted by molar-refractivity contribution is 0.0974. The maximum Gasteiger partial charge on any atom is 0.165 e. The molecule has 0 atom stereocenters. The summed E-state index contributed by atoms with van der Waals surface area (Å²) in [5.74, 6) is -1.58. The summed E-state index contributed by atoms with van der Waals surface area (Å²) < 4.78 is 26.1. The Hall–Kier alpha value is -1.29. The molecule has 2 N–H and O–H groups in total. The number of ketones is 1. The first-order valence-corrected chi connectivity index (χ1v) is 5.83. The fourth-order valence-electron chi connectivity index (χ4n) is 1.63. The molecule has 1 rings (SSSR count). The maximum absolute atomic E-state index is 13.2. The van der Waals surface area contributed by atoms with Crippen LogP contribution in [0.2, 0.25) is 0 Å². The Morgan fingerprint density at radius 3 is 2.53 bits per heavy atom. The van der Waals surface area contributed by atoms with E-state index in [0.29, 0.717) is 13.0 Å². The molecule has 1 aromatic rings. The maximum atomic E-state index is 13.2. The molecule has 4 heteroatoms. The van der Waals surface area contributed by atoms with Gasteiger partial charge in [0.15, 0.2) is 5.78 Å². The van der Waals surface area contributed by atoms with Crippen LogP contribution in [0, 0.1) is 11.6 Å². The molecular formula is C13H17F2NO. The Morgan fingerprint density at radius 2 is 1.82 bits per heavy atom. The monoisotopic (exact) mass is 241 g/mol. The van der Waals surface area contributed by atoms with Crippen LogP contribution < -0.4 is 5.73 Å². The number of nitrogens with two attached hydrogens (primary N) is 1. The van der Waals surface area contributed by atoms with E-state index >= 15 is 0 Å². The molecule has 0 aliphatic carbocycles. The molecule has 0 aliphatic rings. The first-order chi connectivity index (χ1) is 8.15. The minimum Gasteiger partial charge on any atom is -0.330 e. The Bertz CT molecular complexity index is 380. The van der Waals surface area contributed by atoms with Crippen LogP contribution in [-0.4, -0.2) is 12.3 Å². The molecule has 0 saturated carbocycles. The smallest absolute Gasteiger partial charge is 0.165 e. The number of rotatable bonds is 7. The topological polar surface area (TPSA) is 43.1 Å². The van der Waals surface area contributed by atoms with Gasteiger partial charge in [-0.3, -0.25) is 4.79 Å². The molecule has 1 aromatic carbocycles. The first kappa shape index (κ1) is 13.8. The van der Waals surface area contributed by atoms with Gasteiger partial charge in [0.2, 0.25) is 0 Å². The van der Waals surface area contributed by atoms with Gasteiger partial charge in [-0.05, 0) is 37.6 Å². The van der Waals surface area contributed by atoms with Gasteiger partial charge >= 0.3 is 0 Å². The van der Waals surface area contributed by atoms with Crippen molar-refractivity contribution in [3.05, 3.63) is 35.4 Å². The number of carbonyl (C=O) groups excluding carboxylic acids is 1. The van der Waals surface area contributed by atoms with Gasteiger partial charge in [0.1, 0.15) is 11.6 Å². The number of unbranched alkanes of at least 4 members (excludes halogenated alkanes) is 3. The Morgan fingerprint density at radius 1 is 1.12 bits per heavy atom. The van der Waals surface area contributed by atoms with Crippen molar-refractivity contribution in [2.45, 2.75) is 32.1 Å². The molecule has 0 heterocycles. The fraction of sp³-hybridized carbons (Fsp3) is 0.462. The zero-order valence-corrected chi connectivity index (χ0v) is 9.72. The van der Waals surface area contributed by atoms with E-state index in [1.807, 2.05) is 0 Å². The van der Waals surface area contributed by atoms with Crippen LogP contribution in [-0.2, 0) is 0 Å². The molecule has 0 bridgehead atoms. The highest BCUT2D eigenvalue weighted by Gasteiger charge is 2.12. The predicted octanol–water partition coefficient (Wildman–Crippen LogP) is 3.06. The van der Waals surface area contributed by atoms with Crippen LogP contribution in [0.25, 0.3) is 0 Å². The second-order valence-corrected chi connectivity index (χ2v) is 4.00. The standard InChI is InChI=1S/C13H17F2NO/c14-10-6-7-12(15)11(9-10)13(17)5-3-1-2-4-8-16/h6-7,9H,1-5,8,16H2. The lowest BCUT2D eigenvalue weighted by Gasteiger charge is -2.03. The first-order valence-electron chi connectivity index (χ1n) is 5.83. The number of Topliss-reactive ketones (excluding diaryl/α,β-unsaturated/α-hetero) is 1. The summed E-state index contributed by atoms with van der Waals surface area (Å²) in [5, 5.41) is 0. The molecule has 94 valence electrons. The lowest BCUT2D eigenvalue weighted by Crippen LogP contribution is -2.03. The average molecular weight is 241 g/mol. The van der Waals surface area contributed by atoms with E-state index < -0.39 is 11.6 Å². The third kappa shape index (κ3) is 4.61. The number of hydrogen-bond acceptors (Lipinski definition) is 2. The summed E-state index contributed by atoms with van der Waals surface area (Å²) in [6.07, 6.45) is 3.73. The predicted molar refractivity (Wildman–Crippen MR) is 62.8 cm³/mol. The van der Waals surface area contributed by atoms with Gasteiger partial charge in [0.25, 0.3) is 0 Å². The van der Waals surface area contributed by atoms with Gasteiger partial charge in [-0.25, -0.2) is 8.78 Å². The second kappa shape index (κ2) is 7.12. The summed E-state index contributed by atoms with van der Waals surface area (Å²) in [7, 11) is 0. The zero-order chi connectivity index (χ0) is 12.7. The van der Waals surface area contributed by atoms with Crippen molar-refractivity contribution in [3.63, 3.8) is 0 Å².